The minimum absolute atomic E-state index is 0.514. The zero-order chi connectivity index (χ0) is 20.2. The summed E-state index contributed by atoms with van der Waals surface area (Å²) in [6, 6.07) is 5.89. The molecule has 0 atom stereocenters. The monoisotopic (exact) mass is 412 g/mol. The predicted octanol–water partition coefficient (Wildman–Crippen LogP) is 3.29. The maximum Gasteiger partial charge on any atom is 0.224 e. The highest BCUT2D eigenvalue weighted by atomic mass is 35.5. The van der Waals surface area contributed by atoms with Crippen molar-refractivity contribution in [1.82, 2.24) is 30.1 Å². The van der Waals surface area contributed by atoms with Gasteiger partial charge < -0.3 is 20.4 Å². The largest absolute Gasteiger partial charge is 0.384 e. The molecule has 0 bridgehead atoms. The number of hydrogen-bond acceptors (Lipinski definition) is 7. The van der Waals surface area contributed by atoms with E-state index in [0.717, 1.165) is 34.3 Å². The molecule has 3 aromatic heterocycles. The number of ether oxygens (including phenoxy) is 1. The minimum atomic E-state index is 0.514. The number of nitrogens with zero attached hydrogens (tertiary/aromatic N) is 4. The van der Waals surface area contributed by atoms with Gasteiger partial charge in [-0.3, -0.25) is 5.10 Å². The van der Waals surface area contributed by atoms with Crippen molar-refractivity contribution in [2.45, 2.75) is 12.8 Å². The maximum atomic E-state index is 6.57. The Balaban J connectivity index is 1.62. The Kier molecular flexibility index (Phi) is 5.59. The molecule has 3 heterocycles. The second-order valence-electron chi connectivity index (χ2n) is 6.48. The zero-order valence-corrected chi connectivity index (χ0v) is 16.8. The number of halogens is 1. The molecule has 0 aliphatic heterocycles. The SMILES string of the molecule is CNc1ncc(Cc2ccc3[nH]cnc3c2Cl)c(Nc2cc(CCOC)[nH]n2)n1. The quantitative estimate of drug-likeness (QED) is 0.351. The van der Waals surface area contributed by atoms with E-state index in [-0.39, 0.29) is 0 Å². The van der Waals surface area contributed by atoms with E-state index in [4.69, 9.17) is 16.3 Å². The fourth-order valence-electron chi connectivity index (χ4n) is 3.01. The Morgan fingerprint density at radius 1 is 1.21 bits per heavy atom. The van der Waals surface area contributed by atoms with Crippen LogP contribution in [-0.2, 0) is 17.6 Å². The number of methoxy groups -OCH3 is 1. The van der Waals surface area contributed by atoms with Crippen LogP contribution in [0.2, 0.25) is 5.02 Å². The molecule has 0 radical (unpaired) electrons. The second kappa shape index (κ2) is 8.46. The van der Waals surface area contributed by atoms with E-state index in [1.54, 1.807) is 26.7 Å². The molecule has 0 aliphatic rings. The van der Waals surface area contributed by atoms with Crippen LogP contribution in [-0.4, -0.2) is 50.9 Å². The normalized spacial score (nSPS) is 11.1. The first-order chi connectivity index (χ1) is 14.2. The van der Waals surface area contributed by atoms with Gasteiger partial charge in [0.15, 0.2) is 5.82 Å². The van der Waals surface area contributed by atoms with E-state index < -0.39 is 0 Å². The van der Waals surface area contributed by atoms with Gasteiger partial charge in [0.25, 0.3) is 0 Å². The summed E-state index contributed by atoms with van der Waals surface area (Å²) in [6.45, 7) is 0.623. The van der Waals surface area contributed by atoms with Crippen LogP contribution in [0.5, 0.6) is 0 Å². The third-order valence-electron chi connectivity index (χ3n) is 4.53. The van der Waals surface area contributed by atoms with Gasteiger partial charge in [-0.15, -0.1) is 0 Å². The van der Waals surface area contributed by atoms with Crippen LogP contribution < -0.4 is 10.6 Å². The maximum absolute atomic E-state index is 6.57. The molecule has 29 heavy (non-hydrogen) atoms. The van der Waals surface area contributed by atoms with Crippen molar-refractivity contribution in [2.75, 3.05) is 31.4 Å². The number of benzene rings is 1. The predicted molar refractivity (Wildman–Crippen MR) is 113 cm³/mol. The van der Waals surface area contributed by atoms with Crippen LogP contribution in [0, 0.1) is 0 Å². The molecule has 0 unspecified atom stereocenters. The van der Waals surface area contributed by atoms with Crippen molar-refractivity contribution in [3.05, 3.63) is 52.6 Å². The molecule has 9 nitrogen and oxygen atoms in total. The number of anilines is 3. The van der Waals surface area contributed by atoms with Crippen LogP contribution in [0.25, 0.3) is 11.0 Å². The van der Waals surface area contributed by atoms with Gasteiger partial charge in [-0.2, -0.15) is 10.1 Å². The summed E-state index contributed by atoms with van der Waals surface area (Å²) in [5.41, 5.74) is 4.46. The van der Waals surface area contributed by atoms with Gasteiger partial charge in [0.2, 0.25) is 5.95 Å². The fraction of sp³-hybridized carbons (Fsp3) is 0.263. The standard InChI is InChI=1S/C19H21ClN8O/c1-21-19-22-9-12(7-11-3-4-14-17(16(11)20)24-10-23-14)18(26-19)25-15-8-13(27-28-15)5-6-29-2/h3-4,8-10H,5-7H2,1-2H3,(H,23,24)(H3,21,22,25,26,27,28). The lowest BCUT2D eigenvalue weighted by atomic mass is 10.1. The van der Waals surface area contributed by atoms with E-state index in [1.807, 2.05) is 18.2 Å². The Hall–Kier alpha value is -3.17. The van der Waals surface area contributed by atoms with E-state index in [2.05, 4.69) is 40.8 Å². The molecule has 1 aromatic carbocycles. The Morgan fingerprint density at radius 3 is 2.93 bits per heavy atom. The van der Waals surface area contributed by atoms with Crippen LogP contribution >= 0.6 is 11.6 Å². The molecule has 0 spiro atoms. The van der Waals surface area contributed by atoms with Crippen molar-refractivity contribution in [3.63, 3.8) is 0 Å². The minimum Gasteiger partial charge on any atom is -0.384 e. The summed E-state index contributed by atoms with van der Waals surface area (Å²) < 4.78 is 5.11. The summed E-state index contributed by atoms with van der Waals surface area (Å²) in [4.78, 5) is 16.3. The summed E-state index contributed by atoms with van der Waals surface area (Å²) in [5.74, 6) is 1.85. The lowest BCUT2D eigenvalue weighted by molar-refractivity contribution is 0.201. The van der Waals surface area contributed by atoms with Crippen molar-refractivity contribution >= 4 is 40.2 Å². The number of hydrogen-bond donors (Lipinski definition) is 4. The number of aromatic nitrogens is 6. The number of rotatable bonds is 8. The third kappa shape index (κ3) is 4.15. The highest BCUT2D eigenvalue weighted by Gasteiger charge is 2.14. The second-order valence-corrected chi connectivity index (χ2v) is 6.86. The molecule has 0 amide bonds. The number of fused-ring (bicyclic) bond motifs is 1. The average Bonchev–Trinajstić information content (AvgIpc) is 3.39. The lowest BCUT2D eigenvalue weighted by Crippen LogP contribution is -2.05. The first-order valence-corrected chi connectivity index (χ1v) is 9.50. The number of aromatic amines is 2. The molecule has 0 aliphatic carbocycles. The first-order valence-electron chi connectivity index (χ1n) is 9.12. The van der Waals surface area contributed by atoms with Gasteiger partial charge in [-0.1, -0.05) is 17.7 Å². The molecular formula is C19H21ClN8O. The van der Waals surface area contributed by atoms with Crippen molar-refractivity contribution in [1.29, 1.82) is 0 Å². The Bertz CT molecular complexity index is 1120. The summed E-state index contributed by atoms with van der Waals surface area (Å²) >= 11 is 6.57. The molecule has 4 rings (SSSR count). The highest BCUT2D eigenvalue weighted by Crippen LogP contribution is 2.29. The van der Waals surface area contributed by atoms with E-state index in [0.29, 0.717) is 35.6 Å². The molecule has 0 saturated carbocycles. The molecule has 4 aromatic rings. The summed E-state index contributed by atoms with van der Waals surface area (Å²) in [6.07, 6.45) is 4.72. The molecule has 150 valence electrons. The molecular weight excluding hydrogens is 392 g/mol. The van der Waals surface area contributed by atoms with Crippen LogP contribution in [0.3, 0.4) is 0 Å². The molecule has 4 N–H and O–H groups in total. The third-order valence-corrected chi connectivity index (χ3v) is 4.95. The van der Waals surface area contributed by atoms with Crippen LogP contribution in [0.4, 0.5) is 17.6 Å². The van der Waals surface area contributed by atoms with Gasteiger partial charge in [-0.05, 0) is 11.6 Å². The number of imidazole rings is 1. The van der Waals surface area contributed by atoms with Crippen LogP contribution in [0.15, 0.2) is 30.7 Å². The average molecular weight is 413 g/mol. The molecule has 0 saturated heterocycles. The van der Waals surface area contributed by atoms with Crippen molar-refractivity contribution < 1.29 is 4.74 Å². The van der Waals surface area contributed by atoms with Crippen LogP contribution in [0.1, 0.15) is 16.8 Å². The highest BCUT2D eigenvalue weighted by molar-refractivity contribution is 6.35. The first kappa shape index (κ1) is 19.2. The van der Waals surface area contributed by atoms with E-state index >= 15 is 0 Å². The van der Waals surface area contributed by atoms with Gasteiger partial charge in [0, 0.05) is 50.5 Å². The van der Waals surface area contributed by atoms with E-state index in [9.17, 15) is 0 Å². The number of nitrogens with one attached hydrogen (secondary N) is 4. The Morgan fingerprint density at radius 2 is 2.10 bits per heavy atom. The van der Waals surface area contributed by atoms with Gasteiger partial charge >= 0.3 is 0 Å². The summed E-state index contributed by atoms with van der Waals surface area (Å²) in [5, 5.41) is 14.2. The van der Waals surface area contributed by atoms with Gasteiger partial charge in [0.05, 0.1) is 23.5 Å². The van der Waals surface area contributed by atoms with Crippen molar-refractivity contribution in [2.24, 2.45) is 0 Å². The smallest absolute Gasteiger partial charge is 0.224 e. The molecule has 10 heteroatoms. The molecule has 0 fully saturated rings. The van der Waals surface area contributed by atoms with Gasteiger partial charge in [-0.25, -0.2) is 9.97 Å². The lowest BCUT2D eigenvalue weighted by Gasteiger charge is -2.12. The topological polar surface area (TPSA) is 116 Å². The number of H-pyrrole nitrogens is 2. The summed E-state index contributed by atoms with van der Waals surface area (Å²) in [7, 11) is 3.45. The Labute approximate surface area is 172 Å². The van der Waals surface area contributed by atoms with Gasteiger partial charge in [0.1, 0.15) is 11.3 Å². The van der Waals surface area contributed by atoms with Crippen molar-refractivity contribution in [3.8, 4) is 0 Å². The fourth-order valence-corrected chi connectivity index (χ4v) is 3.29. The zero-order valence-electron chi connectivity index (χ0n) is 16.1. The van der Waals surface area contributed by atoms with E-state index in [1.165, 1.54) is 0 Å².